The Morgan fingerprint density at radius 3 is 2.56 bits per heavy atom. The molecule has 3 heteroatoms. The van der Waals surface area contributed by atoms with Gasteiger partial charge in [-0.15, -0.1) is 11.8 Å². The standard InChI is InChI=1S/C15H24N2S/c1-2-18-14-5-3-13(4-6-14)7-10-17-12-15(11-16)8-9-15/h3-6,17H,2,7-12,16H2,1H3. The Morgan fingerprint density at radius 1 is 1.28 bits per heavy atom. The molecule has 1 fully saturated rings. The topological polar surface area (TPSA) is 38.0 Å². The fourth-order valence-electron chi connectivity index (χ4n) is 2.14. The molecule has 0 bridgehead atoms. The van der Waals surface area contributed by atoms with Gasteiger partial charge in [-0.3, -0.25) is 0 Å². The zero-order valence-electron chi connectivity index (χ0n) is 11.2. The van der Waals surface area contributed by atoms with Gasteiger partial charge in [-0.25, -0.2) is 0 Å². The molecule has 0 amide bonds. The third kappa shape index (κ3) is 4.01. The number of nitrogens with one attached hydrogen (secondary N) is 1. The summed E-state index contributed by atoms with van der Waals surface area (Å²) >= 11 is 1.90. The van der Waals surface area contributed by atoms with Gasteiger partial charge in [0.1, 0.15) is 0 Å². The molecule has 0 spiro atoms. The summed E-state index contributed by atoms with van der Waals surface area (Å²) < 4.78 is 0. The molecule has 2 rings (SSSR count). The van der Waals surface area contributed by atoms with Crippen LogP contribution in [-0.2, 0) is 6.42 Å². The normalized spacial score (nSPS) is 16.8. The van der Waals surface area contributed by atoms with E-state index in [1.54, 1.807) is 0 Å². The predicted molar refractivity (Wildman–Crippen MR) is 80.1 cm³/mol. The van der Waals surface area contributed by atoms with E-state index >= 15 is 0 Å². The van der Waals surface area contributed by atoms with Crippen LogP contribution in [0.1, 0.15) is 25.3 Å². The summed E-state index contributed by atoms with van der Waals surface area (Å²) in [7, 11) is 0. The van der Waals surface area contributed by atoms with Crippen molar-refractivity contribution < 1.29 is 0 Å². The summed E-state index contributed by atoms with van der Waals surface area (Å²) in [4.78, 5) is 1.37. The molecule has 0 radical (unpaired) electrons. The van der Waals surface area contributed by atoms with Gasteiger partial charge < -0.3 is 11.1 Å². The van der Waals surface area contributed by atoms with Crippen LogP contribution < -0.4 is 11.1 Å². The smallest absolute Gasteiger partial charge is 0.00720 e. The van der Waals surface area contributed by atoms with Crippen LogP contribution in [0.15, 0.2) is 29.2 Å². The van der Waals surface area contributed by atoms with Crippen LogP contribution in [0.3, 0.4) is 0 Å². The molecule has 0 atom stereocenters. The van der Waals surface area contributed by atoms with Gasteiger partial charge in [0.15, 0.2) is 0 Å². The Balaban J connectivity index is 1.67. The Hall–Kier alpha value is -0.510. The minimum atomic E-state index is 0.446. The average molecular weight is 264 g/mol. The highest BCUT2D eigenvalue weighted by molar-refractivity contribution is 7.99. The van der Waals surface area contributed by atoms with Gasteiger partial charge in [-0.05, 0) is 61.2 Å². The summed E-state index contributed by atoms with van der Waals surface area (Å²) in [5, 5.41) is 3.54. The predicted octanol–water partition coefficient (Wildman–Crippen LogP) is 2.67. The molecule has 1 aliphatic carbocycles. The SMILES string of the molecule is CCSc1ccc(CCNCC2(CN)CC2)cc1. The molecule has 0 unspecified atom stereocenters. The lowest BCUT2D eigenvalue weighted by molar-refractivity contribution is 0.470. The van der Waals surface area contributed by atoms with Crippen molar-refractivity contribution >= 4 is 11.8 Å². The lowest BCUT2D eigenvalue weighted by Gasteiger charge is -2.13. The Morgan fingerprint density at radius 2 is 2.00 bits per heavy atom. The molecule has 3 N–H and O–H groups in total. The van der Waals surface area contributed by atoms with Gasteiger partial charge >= 0.3 is 0 Å². The summed E-state index contributed by atoms with van der Waals surface area (Å²) in [6, 6.07) is 8.95. The molecule has 1 saturated carbocycles. The van der Waals surface area contributed by atoms with E-state index in [0.717, 1.165) is 31.8 Å². The van der Waals surface area contributed by atoms with Crippen molar-refractivity contribution in [2.45, 2.75) is 31.1 Å². The van der Waals surface area contributed by atoms with Crippen molar-refractivity contribution in [2.75, 3.05) is 25.4 Å². The number of nitrogens with two attached hydrogens (primary N) is 1. The minimum absolute atomic E-state index is 0.446. The minimum Gasteiger partial charge on any atom is -0.330 e. The fraction of sp³-hybridized carbons (Fsp3) is 0.600. The van der Waals surface area contributed by atoms with Gasteiger partial charge in [0.2, 0.25) is 0 Å². The highest BCUT2D eigenvalue weighted by Crippen LogP contribution is 2.43. The number of hydrogen-bond donors (Lipinski definition) is 2. The molecule has 0 aromatic heterocycles. The number of benzene rings is 1. The van der Waals surface area contributed by atoms with Crippen molar-refractivity contribution in [1.82, 2.24) is 5.32 Å². The average Bonchev–Trinajstić information content (AvgIpc) is 3.18. The molecule has 2 nitrogen and oxygen atoms in total. The van der Waals surface area contributed by atoms with Crippen LogP contribution in [-0.4, -0.2) is 25.4 Å². The van der Waals surface area contributed by atoms with Gasteiger partial charge in [0.05, 0.1) is 0 Å². The van der Waals surface area contributed by atoms with Gasteiger partial charge in [-0.2, -0.15) is 0 Å². The molecule has 0 aliphatic heterocycles. The van der Waals surface area contributed by atoms with Gasteiger partial charge in [0, 0.05) is 11.4 Å². The molecule has 0 heterocycles. The second kappa shape index (κ2) is 6.60. The second-order valence-corrected chi connectivity index (χ2v) is 6.55. The van der Waals surface area contributed by atoms with Crippen LogP contribution in [0.5, 0.6) is 0 Å². The van der Waals surface area contributed by atoms with Crippen LogP contribution in [0.4, 0.5) is 0 Å². The molecule has 0 saturated heterocycles. The zero-order valence-corrected chi connectivity index (χ0v) is 12.1. The van der Waals surface area contributed by atoms with E-state index in [2.05, 4.69) is 36.5 Å². The van der Waals surface area contributed by atoms with Crippen molar-refractivity contribution in [3.63, 3.8) is 0 Å². The van der Waals surface area contributed by atoms with E-state index in [1.165, 1.54) is 23.3 Å². The largest absolute Gasteiger partial charge is 0.330 e. The Kier molecular flexibility index (Phi) is 5.10. The van der Waals surface area contributed by atoms with E-state index in [-0.39, 0.29) is 0 Å². The highest BCUT2D eigenvalue weighted by atomic mass is 32.2. The van der Waals surface area contributed by atoms with Crippen LogP contribution in [0.25, 0.3) is 0 Å². The lowest BCUT2D eigenvalue weighted by atomic mass is 10.1. The van der Waals surface area contributed by atoms with Crippen molar-refractivity contribution in [2.24, 2.45) is 11.1 Å². The van der Waals surface area contributed by atoms with E-state index in [4.69, 9.17) is 5.73 Å². The lowest BCUT2D eigenvalue weighted by Crippen LogP contribution is -2.30. The summed E-state index contributed by atoms with van der Waals surface area (Å²) in [5.41, 5.74) is 7.63. The number of hydrogen-bond acceptors (Lipinski definition) is 3. The molecule has 100 valence electrons. The number of thioether (sulfide) groups is 1. The van der Waals surface area contributed by atoms with E-state index in [0.29, 0.717) is 5.41 Å². The van der Waals surface area contributed by atoms with Crippen molar-refractivity contribution in [3.05, 3.63) is 29.8 Å². The Bertz CT molecular complexity index is 357. The summed E-state index contributed by atoms with van der Waals surface area (Å²) in [6.07, 6.45) is 3.72. The Labute approximate surface area is 115 Å². The van der Waals surface area contributed by atoms with Gasteiger partial charge in [0.25, 0.3) is 0 Å². The van der Waals surface area contributed by atoms with Crippen molar-refractivity contribution in [1.29, 1.82) is 0 Å². The molecule has 1 aromatic carbocycles. The number of rotatable bonds is 8. The first-order chi connectivity index (χ1) is 8.78. The molecule has 1 aromatic rings. The molecule has 1 aliphatic rings. The fourth-order valence-corrected chi connectivity index (χ4v) is 2.80. The third-order valence-electron chi connectivity index (χ3n) is 3.71. The van der Waals surface area contributed by atoms with E-state index < -0.39 is 0 Å². The monoisotopic (exact) mass is 264 g/mol. The first-order valence-corrected chi connectivity index (χ1v) is 7.89. The first-order valence-electron chi connectivity index (χ1n) is 6.90. The summed E-state index contributed by atoms with van der Waals surface area (Å²) in [5.74, 6) is 1.14. The van der Waals surface area contributed by atoms with E-state index in [9.17, 15) is 0 Å². The van der Waals surface area contributed by atoms with Gasteiger partial charge in [-0.1, -0.05) is 19.1 Å². The van der Waals surface area contributed by atoms with Crippen LogP contribution in [0.2, 0.25) is 0 Å². The highest BCUT2D eigenvalue weighted by Gasteiger charge is 2.40. The molecular formula is C15H24N2S. The van der Waals surface area contributed by atoms with Crippen LogP contribution >= 0.6 is 11.8 Å². The van der Waals surface area contributed by atoms with Crippen LogP contribution in [0, 0.1) is 5.41 Å². The molecule has 18 heavy (non-hydrogen) atoms. The first kappa shape index (κ1) is 13.9. The van der Waals surface area contributed by atoms with E-state index in [1.807, 2.05) is 11.8 Å². The summed E-state index contributed by atoms with van der Waals surface area (Å²) in [6.45, 7) is 5.17. The zero-order chi connectivity index (χ0) is 12.8. The molecular weight excluding hydrogens is 240 g/mol. The maximum absolute atomic E-state index is 5.76. The third-order valence-corrected chi connectivity index (χ3v) is 4.61. The second-order valence-electron chi connectivity index (χ2n) is 5.21. The quantitative estimate of drug-likeness (QED) is 0.560. The van der Waals surface area contributed by atoms with Crippen molar-refractivity contribution in [3.8, 4) is 0 Å². The maximum Gasteiger partial charge on any atom is 0.00720 e. The maximum atomic E-state index is 5.76.